The summed E-state index contributed by atoms with van der Waals surface area (Å²) in [5.74, 6) is -0.400. The zero-order chi connectivity index (χ0) is 14.0. The van der Waals surface area contributed by atoms with Gasteiger partial charge in [-0.3, -0.25) is 4.79 Å². The maximum Gasteiger partial charge on any atom is 0.282 e. The number of carbonyl (C=O) groups excluding carboxylic acids is 1. The zero-order valence-corrected chi connectivity index (χ0v) is 11.5. The minimum Gasteiger partial charge on any atom is -0.374 e. The van der Waals surface area contributed by atoms with Crippen LogP contribution in [0.5, 0.6) is 0 Å². The third kappa shape index (κ3) is 2.94. The molecule has 0 radical (unpaired) electrons. The number of rotatable bonds is 2. The Morgan fingerprint density at radius 1 is 1.47 bits per heavy atom. The van der Waals surface area contributed by atoms with Gasteiger partial charge in [-0.25, -0.2) is 0 Å². The van der Waals surface area contributed by atoms with Crippen LogP contribution in [0, 0.1) is 0 Å². The first kappa shape index (κ1) is 13.6. The summed E-state index contributed by atoms with van der Waals surface area (Å²) >= 11 is 10.5. The van der Waals surface area contributed by atoms with Crippen molar-refractivity contribution in [3.8, 4) is 0 Å². The van der Waals surface area contributed by atoms with Gasteiger partial charge in [0.1, 0.15) is 0 Å². The van der Waals surface area contributed by atoms with E-state index in [9.17, 15) is 4.79 Å². The van der Waals surface area contributed by atoms with E-state index in [1.165, 1.54) is 0 Å². The quantitative estimate of drug-likeness (QED) is 0.671. The zero-order valence-electron chi connectivity index (χ0n) is 9.95. The average molecular weight is 296 g/mol. The molecular weight excluding hydrogens is 286 g/mol. The molecule has 19 heavy (non-hydrogen) atoms. The second-order valence-corrected chi connectivity index (χ2v) is 4.68. The van der Waals surface area contributed by atoms with Crippen LogP contribution in [-0.4, -0.2) is 27.8 Å². The Morgan fingerprint density at radius 3 is 2.63 bits per heavy atom. The first-order chi connectivity index (χ1) is 8.99. The number of halogens is 1. The van der Waals surface area contributed by atoms with Gasteiger partial charge in [0, 0.05) is 5.02 Å². The monoisotopic (exact) mass is 295 g/mol. The van der Waals surface area contributed by atoms with Gasteiger partial charge in [0.25, 0.3) is 5.91 Å². The highest BCUT2D eigenvalue weighted by Crippen LogP contribution is 2.19. The maximum absolute atomic E-state index is 11.9. The summed E-state index contributed by atoms with van der Waals surface area (Å²) in [6, 6.07) is 5.99. The second kappa shape index (κ2) is 5.41. The predicted molar refractivity (Wildman–Crippen MR) is 76.5 cm³/mol. The average Bonchev–Trinajstić information content (AvgIpc) is 2.65. The van der Waals surface area contributed by atoms with Crippen LogP contribution in [0.3, 0.4) is 0 Å². The van der Waals surface area contributed by atoms with Gasteiger partial charge in [0.05, 0.1) is 11.4 Å². The summed E-state index contributed by atoms with van der Waals surface area (Å²) in [5.41, 5.74) is 6.47. The molecule has 0 aliphatic carbocycles. The summed E-state index contributed by atoms with van der Waals surface area (Å²) in [6.07, 6.45) is 0. The minimum atomic E-state index is -0.780. The van der Waals surface area contributed by atoms with Crippen LogP contribution in [0.2, 0.25) is 5.02 Å². The first-order valence-corrected chi connectivity index (χ1v) is 6.12. The molecule has 8 heteroatoms. The molecular formula is C11H10ClN5OS. The fourth-order valence-electron chi connectivity index (χ4n) is 1.48. The minimum absolute atomic E-state index is 0.103. The normalized spacial score (nSPS) is 19.1. The van der Waals surface area contributed by atoms with Gasteiger partial charge in [-0.05, 0) is 43.4 Å². The van der Waals surface area contributed by atoms with Crippen molar-refractivity contribution in [1.82, 2.24) is 5.01 Å². The lowest BCUT2D eigenvalue weighted by Crippen LogP contribution is -2.37. The van der Waals surface area contributed by atoms with E-state index in [-0.39, 0.29) is 5.11 Å². The summed E-state index contributed by atoms with van der Waals surface area (Å²) in [6.45, 7) is 1.67. The lowest BCUT2D eigenvalue weighted by Gasteiger charge is -2.08. The Bertz CT molecular complexity index is 583. The molecule has 0 saturated heterocycles. The van der Waals surface area contributed by atoms with Crippen LogP contribution in [-0.2, 0) is 4.79 Å². The Balaban J connectivity index is 2.16. The van der Waals surface area contributed by atoms with Crippen LogP contribution in [0.15, 0.2) is 39.6 Å². The van der Waals surface area contributed by atoms with Crippen molar-refractivity contribution in [1.29, 1.82) is 0 Å². The van der Waals surface area contributed by atoms with Crippen molar-refractivity contribution in [3.05, 3.63) is 29.3 Å². The van der Waals surface area contributed by atoms with Crippen molar-refractivity contribution < 1.29 is 4.79 Å². The van der Waals surface area contributed by atoms with Crippen molar-refractivity contribution in [2.24, 2.45) is 21.1 Å². The number of thiocarbonyl (C=S) groups is 1. The molecule has 0 aromatic heterocycles. The van der Waals surface area contributed by atoms with Gasteiger partial charge in [-0.1, -0.05) is 11.6 Å². The number of hydrazone groups is 1. The van der Waals surface area contributed by atoms with Crippen LogP contribution in [0.1, 0.15) is 6.92 Å². The molecule has 1 aliphatic heterocycles. The fraction of sp³-hybridized carbons (Fsp3) is 0.182. The van der Waals surface area contributed by atoms with Crippen LogP contribution >= 0.6 is 23.8 Å². The first-order valence-electron chi connectivity index (χ1n) is 5.34. The van der Waals surface area contributed by atoms with Crippen LogP contribution in [0.4, 0.5) is 5.69 Å². The highest BCUT2D eigenvalue weighted by molar-refractivity contribution is 7.80. The Hall–Kier alpha value is -1.86. The standard InChI is InChI=1S/C11H10ClN5OS/c1-6-9(10(18)17(16-6)11(13)19)15-14-8-4-2-7(12)3-5-8/h2-5,9H,1H3,(H2,13,19)/t9-/m1/s1. The maximum atomic E-state index is 11.9. The Morgan fingerprint density at radius 2 is 2.11 bits per heavy atom. The van der Waals surface area contributed by atoms with Crippen molar-refractivity contribution in [2.45, 2.75) is 13.0 Å². The molecule has 1 aromatic carbocycles. The molecule has 2 rings (SSSR count). The van der Waals surface area contributed by atoms with Gasteiger partial charge in [0.15, 0.2) is 11.2 Å². The molecule has 0 saturated carbocycles. The molecule has 0 spiro atoms. The Kier molecular flexibility index (Phi) is 3.87. The molecule has 1 aliphatic rings. The third-order valence-electron chi connectivity index (χ3n) is 2.42. The van der Waals surface area contributed by atoms with E-state index in [1.807, 2.05) is 0 Å². The highest BCUT2D eigenvalue weighted by Gasteiger charge is 2.35. The van der Waals surface area contributed by atoms with Crippen LogP contribution < -0.4 is 5.73 Å². The van der Waals surface area contributed by atoms with E-state index in [2.05, 4.69) is 15.3 Å². The number of azo groups is 1. The summed E-state index contributed by atoms with van der Waals surface area (Å²) in [5, 5.41) is 13.3. The molecule has 1 atom stereocenters. The topological polar surface area (TPSA) is 83.4 Å². The number of amides is 1. The fourth-order valence-corrected chi connectivity index (χ4v) is 1.74. The number of hydrogen-bond acceptors (Lipinski definition) is 5. The van der Waals surface area contributed by atoms with E-state index in [0.29, 0.717) is 16.4 Å². The van der Waals surface area contributed by atoms with Gasteiger partial charge in [0.2, 0.25) is 0 Å². The van der Waals surface area contributed by atoms with E-state index in [0.717, 1.165) is 5.01 Å². The summed E-state index contributed by atoms with van der Waals surface area (Å²) in [7, 11) is 0. The third-order valence-corrected chi connectivity index (χ3v) is 2.85. The number of nitrogens with zero attached hydrogens (tertiary/aromatic N) is 4. The SMILES string of the molecule is CC1=NN(C(N)=S)C(=O)[C@@H]1N=Nc1ccc(Cl)cc1. The van der Waals surface area contributed by atoms with Crippen molar-refractivity contribution >= 4 is 46.2 Å². The molecule has 6 nitrogen and oxygen atoms in total. The number of nitrogens with two attached hydrogens (primary N) is 1. The lowest BCUT2D eigenvalue weighted by atomic mass is 10.2. The molecule has 0 unspecified atom stereocenters. The predicted octanol–water partition coefficient (Wildman–Crippen LogP) is 2.25. The molecule has 0 fully saturated rings. The van der Waals surface area contributed by atoms with Gasteiger partial charge >= 0.3 is 0 Å². The molecule has 0 bridgehead atoms. The number of benzene rings is 1. The van der Waals surface area contributed by atoms with E-state index >= 15 is 0 Å². The van der Waals surface area contributed by atoms with Crippen molar-refractivity contribution in [3.63, 3.8) is 0 Å². The molecule has 98 valence electrons. The van der Waals surface area contributed by atoms with Gasteiger partial charge < -0.3 is 5.73 Å². The number of carbonyl (C=O) groups is 1. The highest BCUT2D eigenvalue weighted by atomic mass is 35.5. The number of hydrogen-bond donors (Lipinski definition) is 1. The van der Waals surface area contributed by atoms with E-state index in [4.69, 9.17) is 29.6 Å². The van der Waals surface area contributed by atoms with E-state index < -0.39 is 11.9 Å². The van der Waals surface area contributed by atoms with Gasteiger partial charge in [-0.15, -0.1) is 0 Å². The Labute approximate surface area is 119 Å². The smallest absolute Gasteiger partial charge is 0.282 e. The summed E-state index contributed by atoms with van der Waals surface area (Å²) < 4.78 is 0. The molecule has 2 N–H and O–H groups in total. The second-order valence-electron chi connectivity index (χ2n) is 3.82. The molecule has 1 aromatic rings. The summed E-state index contributed by atoms with van der Waals surface area (Å²) in [4.78, 5) is 11.9. The molecule has 1 amide bonds. The van der Waals surface area contributed by atoms with E-state index in [1.54, 1.807) is 31.2 Å². The van der Waals surface area contributed by atoms with Crippen molar-refractivity contribution in [2.75, 3.05) is 0 Å². The van der Waals surface area contributed by atoms with Crippen LogP contribution in [0.25, 0.3) is 0 Å². The molecule has 1 heterocycles. The lowest BCUT2D eigenvalue weighted by molar-refractivity contribution is -0.126. The van der Waals surface area contributed by atoms with Gasteiger partial charge in [-0.2, -0.15) is 20.3 Å². The largest absolute Gasteiger partial charge is 0.374 e.